The third-order valence-electron chi connectivity index (χ3n) is 6.21. The standard InChI is InChI=1S/C23H28O3/c1-4-16-8-10-17(11-9-16)14-19-18-12-7-15(2)6-5-13-23(3)21(26-23)20(18)25-22(19)24/h6,8-11,14,18,20-21H,4-5,7,12-13H2,1-3H3/b15-6+,19-14+/t18-,20-,21-,23+/m0/s1. The molecule has 26 heavy (non-hydrogen) atoms. The van der Waals surface area contributed by atoms with Crippen molar-refractivity contribution in [2.45, 2.75) is 70.7 Å². The fourth-order valence-corrected chi connectivity index (χ4v) is 4.35. The molecule has 1 aromatic rings. The molecule has 0 saturated carbocycles. The van der Waals surface area contributed by atoms with Gasteiger partial charge in [0.05, 0.1) is 5.60 Å². The van der Waals surface area contributed by atoms with Crippen LogP contribution in [0.25, 0.3) is 6.08 Å². The summed E-state index contributed by atoms with van der Waals surface area (Å²) in [6.07, 6.45) is 9.25. The predicted octanol–water partition coefficient (Wildman–Crippen LogP) is 4.85. The fraction of sp³-hybridized carbons (Fsp3) is 0.522. The number of carbonyl (C=O) groups is 1. The SMILES string of the molecule is CCc1ccc(/C=C2/C(=O)O[C@H]3[C@H]2CC/C(C)=C/CC[C@@]2(C)O[C@@H]32)cc1. The van der Waals surface area contributed by atoms with E-state index in [1.807, 2.05) is 6.08 Å². The molecule has 0 amide bonds. The van der Waals surface area contributed by atoms with Crippen molar-refractivity contribution in [3.63, 3.8) is 0 Å². The zero-order valence-corrected chi connectivity index (χ0v) is 16.0. The molecule has 0 spiro atoms. The van der Waals surface area contributed by atoms with Crippen molar-refractivity contribution >= 4 is 12.0 Å². The lowest BCUT2D eigenvalue weighted by molar-refractivity contribution is -0.139. The molecule has 0 bridgehead atoms. The minimum absolute atomic E-state index is 0.0385. The fourth-order valence-electron chi connectivity index (χ4n) is 4.35. The molecule has 2 fully saturated rings. The average molecular weight is 352 g/mol. The smallest absolute Gasteiger partial charge is 0.334 e. The van der Waals surface area contributed by atoms with E-state index in [0.717, 1.165) is 43.2 Å². The number of ether oxygens (including phenoxy) is 2. The zero-order chi connectivity index (χ0) is 18.3. The maximum absolute atomic E-state index is 12.7. The first-order valence-corrected chi connectivity index (χ1v) is 9.85. The number of hydrogen-bond acceptors (Lipinski definition) is 3. The molecule has 3 heteroatoms. The molecule has 0 aromatic heterocycles. The second kappa shape index (κ2) is 6.70. The first-order valence-electron chi connectivity index (χ1n) is 9.85. The van der Waals surface area contributed by atoms with Crippen molar-refractivity contribution in [1.82, 2.24) is 0 Å². The van der Waals surface area contributed by atoms with E-state index in [1.54, 1.807) is 0 Å². The molecule has 2 saturated heterocycles. The summed E-state index contributed by atoms with van der Waals surface area (Å²) in [7, 11) is 0. The molecule has 3 nitrogen and oxygen atoms in total. The molecule has 4 atom stereocenters. The van der Waals surface area contributed by atoms with E-state index >= 15 is 0 Å². The highest BCUT2D eigenvalue weighted by atomic mass is 16.6. The third-order valence-corrected chi connectivity index (χ3v) is 6.21. The number of aryl methyl sites for hydroxylation is 1. The van der Waals surface area contributed by atoms with Crippen LogP contribution >= 0.6 is 0 Å². The molecule has 2 heterocycles. The molecule has 2 aliphatic heterocycles. The summed E-state index contributed by atoms with van der Waals surface area (Å²) in [5.41, 5.74) is 4.44. The van der Waals surface area contributed by atoms with Crippen LogP contribution in [0.1, 0.15) is 57.6 Å². The van der Waals surface area contributed by atoms with Gasteiger partial charge in [-0.3, -0.25) is 0 Å². The summed E-state index contributed by atoms with van der Waals surface area (Å²) >= 11 is 0. The largest absolute Gasteiger partial charge is 0.455 e. The number of hydrogen-bond donors (Lipinski definition) is 0. The summed E-state index contributed by atoms with van der Waals surface area (Å²) < 4.78 is 11.9. The van der Waals surface area contributed by atoms with E-state index in [9.17, 15) is 4.79 Å². The molecule has 1 aliphatic carbocycles. The number of rotatable bonds is 2. The van der Waals surface area contributed by atoms with Crippen LogP contribution in [0, 0.1) is 5.92 Å². The molecular formula is C23H28O3. The van der Waals surface area contributed by atoms with Gasteiger partial charge in [0, 0.05) is 11.5 Å². The Morgan fingerprint density at radius 1 is 1.27 bits per heavy atom. The van der Waals surface area contributed by atoms with Crippen LogP contribution in [0.3, 0.4) is 0 Å². The minimum atomic E-state index is -0.168. The maximum Gasteiger partial charge on any atom is 0.334 e. The van der Waals surface area contributed by atoms with Gasteiger partial charge in [-0.25, -0.2) is 4.79 Å². The van der Waals surface area contributed by atoms with Crippen molar-refractivity contribution < 1.29 is 14.3 Å². The van der Waals surface area contributed by atoms with Crippen LogP contribution in [0.5, 0.6) is 0 Å². The highest BCUT2D eigenvalue weighted by molar-refractivity contribution is 5.96. The Balaban J connectivity index is 1.64. The lowest BCUT2D eigenvalue weighted by atomic mass is 9.83. The average Bonchev–Trinajstić information content (AvgIpc) is 3.20. The third kappa shape index (κ3) is 3.25. The molecule has 4 rings (SSSR count). The van der Waals surface area contributed by atoms with Gasteiger partial charge in [-0.1, -0.05) is 42.8 Å². The van der Waals surface area contributed by atoms with Gasteiger partial charge >= 0.3 is 5.97 Å². The summed E-state index contributed by atoms with van der Waals surface area (Å²) in [6.45, 7) is 6.49. The topological polar surface area (TPSA) is 38.8 Å². The minimum Gasteiger partial charge on any atom is -0.455 e. The lowest BCUT2D eigenvalue weighted by Gasteiger charge is -2.19. The molecule has 0 radical (unpaired) electrons. The van der Waals surface area contributed by atoms with Crippen molar-refractivity contribution in [3.8, 4) is 0 Å². The Morgan fingerprint density at radius 2 is 2.04 bits per heavy atom. The van der Waals surface area contributed by atoms with Crippen LogP contribution in [0.15, 0.2) is 41.5 Å². The van der Waals surface area contributed by atoms with Gasteiger partial charge in [0.25, 0.3) is 0 Å². The van der Waals surface area contributed by atoms with Crippen LogP contribution in [0.4, 0.5) is 0 Å². The Morgan fingerprint density at radius 3 is 2.77 bits per heavy atom. The Labute approximate surface area is 156 Å². The van der Waals surface area contributed by atoms with E-state index in [-0.39, 0.29) is 29.7 Å². The predicted molar refractivity (Wildman–Crippen MR) is 103 cm³/mol. The Bertz CT molecular complexity index is 758. The van der Waals surface area contributed by atoms with Crippen molar-refractivity contribution in [2.24, 2.45) is 5.92 Å². The number of allylic oxidation sites excluding steroid dienone is 2. The summed E-state index contributed by atoms with van der Waals surface area (Å²) in [5.74, 6) is -0.0556. The second-order valence-electron chi connectivity index (χ2n) is 8.15. The Kier molecular flexibility index (Phi) is 4.52. The molecule has 138 valence electrons. The van der Waals surface area contributed by atoms with Gasteiger partial charge in [0.2, 0.25) is 0 Å². The molecule has 3 aliphatic rings. The van der Waals surface area contributed by atoms with Gasteiger partial charge in [-0.05, 0) is 63.2 Å². The molecule has 1 aromatic carbocycles. The maximum atomic E-state index is 12.7. The second-order valence-corrected chi connectivity index (χ2v) is 8.15. The van der Waals surface area contributed by atoms with E-state index in [2.05, 4.69) is 51.1 Å². The highest BCUT2D eigenvalue weighted by Gasteiger charge is 2.61. The number of fused-ring (bicyclic) bond motifs is 3. The highest BCUT2D eigenvalue weighted by Crippen LogP contribution is 2.50. The van der Waals surface area contributed by atoms with E-state index in [0.29, 0.717) is 0 Å². The summed E-state index contributed by atoms with van der Waals surface area (Å²) in [6, 6.07) is 8.45. The van der Waals surface area contributed by atoms with E-state index in [1.165, 1.54) is 11.1 Å². The number of esters is 1. The van der Waals surface area contributed by atoms with E-state index < -0.39 is 0 Å². The zero-order valence-electron chi connectivity index (χ0n) is 16.0. The van der Waals surface area contributed by atoms with Crippen molar-refractivity contribution in [3.05, 3.63) is 52.6 Å². The number of benzene rings is 1. The Hall–Kier alpha value is -1.87. The van der Waals surface area contributed by atoms with Gasteiger partial charge in [0.15, 0.2) is 0 Å². The number of carbonyl (C=O) groups excluding carboxylic acids is 1. The van der Waals surface area contributed by atoms with Gasteiger partial charge in [-0.2, -0.15) is 0 Å². The molecule has 0 unspecified atom stereocenters. The summed E-state index contributed by atoms with van der Waals surface area (Å²) in [4.78, 5) is 12.7. The number of epoxide rings is 1. The van der Waals surface area contributed by atoms with Gasteiger partial charge in [0.1, 0.15) is 12.2 Å². The van der Waals surface area contributed by atoms with Crippen molar-refractivity contribution in [2.75, 3.05) is 0 Å². The quantitative estimate of drug-likeness (QED) is 0.330. The lowest BCUT2D eigenvalue weighted by Crippen LogP contribution is -2.28. The normalized spacial score (nSPS) is 37.3. The monoisotopic (exact) mass is 352 g/mol. The van der Waals surface area contributed by atoms with Crippen molar-refractivity contribution in [1.29, 1.82) is 0 Å². The van der Waals surface area contributed by atoms with Crippen LogP contribution in [0.2, 0.25) is 0 Å². The van der Waals surface area contributed by atoms with Gasteiger partial charge < -0.3 is 9.47 Å². The molecule has 0 N–H and O–H groups in total. The van der Waals surface area contributed by atoms with Crippen LogP contribution in [-0.4, -0.2) is 23.8 Å². The van der Waals surface area contributed by atoms with Crippen LogP contribution in [-0.2, 0) is 20.7 Å². The van der Waals surface area contributed by atoms with E-state index in [4.69, 9.17) is 9.47 Å². The molecular weight excluding hydrogens is 324 g/mol. The summed E-state index contributed by atoms with van der Waals surface area (Å²) in [5, 5.41) is 0. The van der Waals surface area contributed by atoms with Gasteiger partial charge in [-0.15, -0.1) is 0 Å². The first kappa shape index (κ1) is 17.5. The first-order chi connectivity index (χ1) is 12.5. The van der Waals surface area contributed by atoms with Crippen LogP contribution < -0.4 is 0 Å².